The zero-order chi connectivity index (χ0) is 19.4. The van der Waals surface area contributed by atoms with Gasteiger partial charge in [-0.3, -0.25) is 4.79 Å². The molecule has 2 aliphatic rings. The first-order valence-corrected chi connectivity index (χ1v) is 9.71. The standard InChI is InChI=1S/C21H25N3O4/c1-2-26-18-6-4-17(5-7-18)23-19-8-3-16(15-22-19)20(25)24-11-9-21(10-12-24)27-13-14-28-21/h3-8,15H,2,9-14H2,1H3,(H,22,23). The Labute approximate surface area is 164 Å². The fourth-order valence-electron chi connectivity index (χ4n) is 3.56. The average Bonchev–Trinajstić information content (AvgIpc) is 3.18. The number of nitrogens with zero attached hydrogens (tertiary/aromatic N) is 2. The summed E-state index contributed by atoms with van der Waals surface area (Å²) < 4.78 is 16.9. The van der Waals surface area contributed by atoms with Crippen LogP contribution in [0, 0.1) is 0 Å². The van der Waals surface area contributed by atoms with Gasteiger partial charge in [-0.05, 0) is 43.3 Å². The molecule has 4 rings (SSSR count). The largest absolute Gasteiger partial charge is 0.494 e. The van der Waals surface area contributed by atoms with Gasteiger partial charge in [0.15, 0.2) is 5.79 Å². The number of aromatic nitrogens is 1. The number of hydrogen-bond acceptors (Lipinski definition) is 6. The molecule has 1 N–H and O–H groups in total. The number of benzene rings is 1. The molecule has 148 valence electrons. The van der Waals surface area contributed by atoms with E-state index in [1.807, 2.05) is 42.2 Å². The zero-order valence-corrected chi connectivity index (χ0v) is 16.0. The predicted molar refractivity (Wildman–Crippen MR) is 105 cm³/mol. The maximum Gasteiger partial charge on any atom is 0.255 e. The number of hydrogen-bond donors (Lipinski definition) is 1. The van der Waals surface area contributed by atoms with Gasteiger partial charge in [0.05, 0.1) is 25.4 Å². The second-order valence-electron chi connectivity index (χ2n) is 6.91. The van der Waals surface area contributed by atoms with Gasteiger partial charge in [-0.1, -0.05) is 0 Å². The van der Waals surface area contributed by atoms with E-state index in [0.29, 0.717) is 57.1 Å². The van der Waals surface area contributed by atoms with Gasteiger partial charge in [0.1, 0.15) is 11.6 Å². The van der Waals surface area contributed by atoms with Crippen molar-refractivity contribution in [3.63, 3.8) is 0 Å². The zero-order valence-electron chi connectivity index (χ0n) is 16.0. The molecule has 1 amide bonds. The molecule has 2 saturated heterocycles. The Morgan fingerprint density at radius 2 is 1.86 bits per heavy atom. The van der Waals surface area contributed by atoms with Crippen LogP contribution in [-0.2, 0) is 9.47 Å². The molecule has 0 aliphatic carbocycles. The molecule has 1 spiro atoms. The fourth-order valence-corrected chi connectivity index (χ4v) is 3.56. The van der Waals surface area contributed by atoms with Crippen LogP contribution in [0.3, 0.4) is 0 Å². The lowest BCUT2D eigenvalue weighted by Crippen LogP contribution is -2.47. The first-order valence-electron chi connectivity index (χ1n) is 9.71. The third-order valence-electron chi connectivity index (χ3n) is 5.07. The monoisotopic (exact) mass is 383 g/mol. The van der Waals surface area contributed by atoms with Crippen molar-refractivity contribution in [1.82, 2.24) is 9.88 Å². The molecule has 28 heavy (non-hydrogen) atoms. The van der Waals surface area contributed by atoms with Gasteiger partial charge in [-0.15, -0.1) is 0 Å². The number of nitrogens with one attached hydrogen (secondary N) is 1. The van der Waals surface area contributed by atoms with Crippen LogP contribution >= 0.6 is 0 Å². The maximum absolute atomic E-state index is 12.7. The van der Waals surface area contributed by atoms with Crippen LogP contribution in [0.4, 0.5) is 11.5 Å². The van der Waals surface area contributed by atoms with Crippen molar-refractivity contribution in [2.75, 3.05) is 38.2 Å². The summed E-state index contributed by atoms with van der Waals surface area (Å²) in [5.74, 6) is 1.04. The summed E-state index contributed by atoms with van der Waals surface area (Å²) in [6, 6.07) is 11.3. The first-order chi connectivity index (χ1) is 13.7. The smallest absolute Gasteiger partial charge is 0.255 e. The molecule has 0 unspecified atom stereocenters. The molecule has 0 saturated carbocycles. The van der Waals surface area contributed by atoms with Gasteiger partial charge in [-0.25, -0.2) is 4.98 Å². The molecule has 0 atom stereocenters. The molecule has 7 heteroatoms. The molecular formula is C21H25N3O4. The second kappa shape index (κ2) is 8.16. The topological polar surface area (TPSA) is 72.9 Å². The minimum atomic E-state index is -0.472. The van der Waals surface area contributed by atoms with Crippen LogP contribution < -0.4 is 10.1 Å². The number of ether oxygens (including phenoxy) is 3. The van der Waals surface area contributed by atoms with Crippen molar-refractivity contribution in [3.05, 3.63) is 48.2 Å². The normalized spacial score (nSPS) is 18.2. The Hall–Kier alpha value is -2.64. The average molecular weight is 383 g/mol. The van der Waals surface area contributed by atoms with Crippen LogP contribution in [0.2, 0.25) is 0 Å². The molecular weight excluding hydrogens is 358 g/mol. The third kappa shape index (κ3) is 4.10. The van der Waals surface area contributed by atoms with E-state index in [2.05, 4.69) is 10.3 Å². The summed E-state index contributed by atoms with van der Waals surface area (Å²) in [5.41, 5.74) is 1.49. The molecule has 7 nitrogen and oxygen atoms in total. The number of rotatable bonds is 5. The lowest BCUT2D eigenvalue weighted by Gasteiger charge is -2.37. The number of carbonyl (C=O) groups is 1. The van der Waals surface area contributed by atoms with Crippen molar-refractivity contribution < 1.29 is 19.0 Å². The van der Waals surface area contributed by atoms with Crippen molar-refractivity contribution in [1.29, 1.82) is 0 Å². The number of carbonyl (C=O) groups excluding carboxylic acids is 1. The fraction of sp³-hybridized carbons (Fsp3) is 0.429. The van der Waals surface area contributed by atoms with Crippen LogP contribution in [0.5, 0.6) is 5.75 Å². The molecule has 2 aliphatic heterocycles. The first kappa shape index (κ1) is 18.7. The molecule has 0 radical (unpaired) electrons. The van der Waals surface area contributed by atoms with Crippen LogP contribution in [0.25, 0.3) is 0 Å². The molecule has 3 heterocycles. The van der Waals surface area contributed by atoms with Crippen molar-refractivity contribution in [2.45, 2.75) is 25.6 Å². The minimum absolute atomic E-state index is 0.00651. The van der Waals surface area contributed by atoms with E-state index in [0.717, 1.165) is 11.4 Å². The molecule has 0 bridgehead atoms. The SMILES string of the molecule is CCOc1ccc(Nc2ccc(C(=O)N3CCC4(CC3)OCCO4)cn2)cc1. The highest BCUT2D eigenvalue weighted by atomic mass is 16.7. The Morgan fingerprint density at radius 3 is 2.46 bits per heavy atom. The Balaban J connectivity index is 1.34. The summed E-state index contributed by atoms with van der Waals surface area (Å²) in [7, 11) is 0. The molecule has 1 aromatic heterocycles. The van der Waals surface area contributed by atoms with E-state index in [-0.39, 0.29) is 5.91 Å². The summed E-state index contributed by atoms with van der Waals surface area (Å²) >= 11 is 0. The number of pyridine rings is 1. The Kier molecular flexibility index (Phi) is 5.45. The van der Waals surface area contributed by atoms with Gasteiger partial charge < -0.3 is 24.4 Å². The summed E-state index contributed by atoms with van der Waals surface area (Å²) in [6.45, 7) is 5.14. The maximum atomic E-state index is 12.7. The van der Waals surface area contributed by atoms with Crippen molar-refractivity contribution in [2.24, 2.45) is 0 Å². The van der Waals surface area contributed by atoms with Crippen LogP contribution in [0.15, 0.2) is 42.6 Å². The highest BCUT2D eigenvalue weighted by Gasteiger charge is 2.40. The quantitative estimate of drug-likeness (QED) is 0.855. The summed E-state index contributed by atoms with van der Waals surface area (Å²) in [6.07, 6.45) is 3.04. The lowest BCUT2D eigenvalue weighted by molar-refractivity contribution is -0.181. The lowest BCUT2D eigenvalue weighted by atomic mass is 10.0. The van der Waals surface area contributed by atoms with Crippen molar-refractivity contribution >= 4 is 17.4 Å². The van der Waals surface area contributed by atoms with E-state index in [1.165, 1.54) is 0 Å². The van der Waals surface area contributed by atoms with Crippen LogP contribution in [0.1, 0.15) is 30.1 Å². The van der Waals surface area contributed by atoms with Gasteiger partial charge in [0.2, 0.25) is 0 Å². The van der Waals surface area contributed by atoms with Gasteiger partial charge >= 0.3 is 0 Å². The van der Waals surface area contributed by atoms with E-state index in [1.54, 1.807) is 12.3 Å². The Bertz CT molecular complexity index is 791. The van der Waals surface area contributed by atoms with Crippen LogP contribution in [-0.4, -0.2) is 54.5 Å². The highest BCUT2D eigenvalue weighted by Crippen LogP contribution is 2.31. The highest BCUT2D eigenvalue weighted by molar-refractivity contribution is 5.94. The number of piperidine rings is 1. The van der Waals surface area contributed by atoms with Crippen molar-refractivity contribution in [3.8, 4) is 5.75 Å². The predicted octanol–water partition coefficient (Wildman–Crippen LogP) is 3.20. The van der Waals surface area contributed by atoms with Gasteiger partial charge in [-0.2, -0.15) is 0 Å². The second-order valence-corrected chi connectivity index (χ2v) is 6.91. The molecule has 2 fully saturated rings. The summed E-state index contributed by atoms with van der Waals surface area (Å²) in [4.78, 5) is 19.0. The number of likely N-dealkylation sites (tertiary alicyclic amines) is 1. The van der Waals surface area contributed by atoms with E-state index < -0.39 is 5.79 Å². The molecule has 2 aromatic rings. The Morgan fingerprint density at radius 1 is 1.14 bits per heavy atom. The van der Waals surface area contributed by atoms with Gasteiger partial charge in [0.25, 0.3) is 5.91 Å². The van der Waals surface area contributed by atoms with E-state index >= 15 is 0 Å². The third-order valence-corrected chi connectivity index (χ3v) is 5.07. The summed E-state index contributed by atoms with van der Waals surface area (Å²) in [5, 5.41) is 3.23. The van der Waals surface area contributed by atoms with Gasteiger partial charge in [0, 0.05) is 37.8 Å². The number of amides is 1. The minimum Gasteiger partial charge on any atom is -0.494 e. The molecule has 1 aromatic carbocycles. The van der Waals surface area contributed by atoms with E-state index in [4.69, 9.17) is 14.2 Å². The number of anilines is 2. The van der Waals surface area contributed by atoms with E-state index in [9.17, 15) is 4.79 Å².